The third-order valence-corrected chi connectivity index (χ3v) is 10.5. The largest absolute Gasteiger partial charge is 0.0801 e. The fourth-order valence-electron chi connectivity index (χ4n) is 8.23. The maximum absolute atomic E-state index is 2.41. The molecule has 0 radical (unpaired) electrons. The minimum Gasteiger partial charge on any atom is -0.0801 e. The van der Waals surface area contributed by atoms with Gasteiger partial charge in [0, 0.05) is 0 Å². The zero-order chi connectivity index (χ0) is 32.3. The second-order valence-electron chi connectivity index (χ2n) is 13.2. The lowest BCUT2D eigenvalue weighted by molar-refractivity contribution is 1.28. The smallest absolute Gasteiger partial charge is 0.00201 e. The summed E-state index contributed by atoms with van der Waals surface area (Å²) < 4.78 is 0. The van der Waals surface area contributed by atoms with E-state index in [4.69, 9.17) is 0 Å². The molecule has 49 heavy (non-hydrogen) atoms. The van der Waals surface area contributed by atoms with E-state index >= 15 is 0 Å². The highest BCUT2D eigenvalue weighted by molar-refractivity contribution is 6.23. The lowest BCUT2D eigenvalue weighted by Gasteiger charge is -2.19. The van der Waals surface area contributed by atoms with E-state index in [1.165, 1.54) is 98.4 Å². The van der Waals surface area contributed by atoms with Gasteiger partial charge in [-0.1, -0.05) is 164 Å². The molecule has 0 unspecified atom stereocenters. The molecular formula is C49H32. The van der Waals surface area contributed by atoms with Gasteiger partial charge in [-0.2, -0.15) is 0 Å². The average Bonchev–Trinajstić information content (AvgIpc) is 3.42. The van der Waals surface area contributed by atoms with Gasteiger partial charge in [-0.25, -0.2) is 0 Å². The van der Waals surface area contributed by atoms with E-state index in [1.54, 1.807) is 0 Å². The molecule has 0 heteroatoms. The highest BCUT2D eigenvalue weighted by Gasteiger charge is 2.18. The number of fused-ring (bicyclic) bond motifs is 7. The lowest BCUT2D eigenvalue weighted by Crippen LogP contribution is -1.93. The fourth-order valence-corrected chi connectivity index (χ4v) is 8.23. The van der Waals surface area contributed by atoms with E-state index in [1.807, 2.05) is 0 Å². The highest BCUT2D eigenvalue weighted by Crippen LogP contribution is 2.46. The van der Waals surface area contributed by atoms with E-state index in [0.717, 1.165) is 6.42 Å². The third kappa shape index (κ3) is 4.45. The Kier molecular flexibility index (Phi) is 6.35. The number of benzene rings is 9. The molecule has 0 amide bonds. The summed E-state index contributed by atoms with van der Waals surface area (Å²) in [5.74, 6) is 0. The molecule has 0 atom stereocenters. The number of rotatable bonds is 3. The first kappa shape index (κ1) is 27.8. The van der Waals surface area contributed by atoms with Gasteiger partial charge in [-0.3, -0.25) is 0 Å². The van der Waals surface area contributed by atoms with Gasteiger partial charge in [0.2, 0.25) is 0 Å². The molecule has 0 nitrogen and oxygen atoms in total. The Morgan fingerprint density at radius 3 is 1.65 bits per heavy atom. The highest BCUT2D eigenvalue weighted by atomic mass is 14.2. The van der Waals surface area contributed by atoms with Crippen LogP contribution >= 0.6 is 0 Å². The molecule has 0 fully saturated rings. The van der Waals surface area contributed by atoms with Crippen molar-refractivity contribution in [2.45, 2.75) is 6.42 Å². The van der Waals surface area contributed by atoms with Crippen molar-refractivity contribution in [1.29, 1.82) is 0 Å². The second kappa shape index (κ2) is 11.2. The summed E-state index contributed by atoms with van der Waals surface area (Å²) in [5.41, 5.74) is 10.4. The van der Waals surface area contributed by atoms with Crippen LogP contribution in [0.25, 0.3) is 93.3 Å². The van der Waals surface area contributed by atoms with Crippen LogP contribution in [0.2, 0.25) is 0 Å². The van der Waals surface area contributed by atoms with E-state index < -0.39 is 0 Å². The van der Waals surface area contributed by atoms with Crippen LogP contribution in [0.1, 0.15) is 11.1 Å². The SMILES string of the molecule is C1=CCc2cc(-c3ccc4cc(-c5c6ccccc6c(-c6cccc7ccccc67)c6ccccc56)ccc4c3)c3ccccc3c2C=C1. The Hall–Kier alpha value is -6.24. The van der Waals surface area contributed by atoms with Gasteiger partial charge >= 0.3 is 0 Å². The minimum absolute atomic E-state index is 0.943. The number of allylic oxidation sites excluding steroid dienone is 3. The first-order valence-corrected chi connectivity index (χ1v) is 17.2. The molecule has 0 saturated heterocycles. The van der Waals surface area contributed by atoms with Crippen molar-refractivity contribution in [2.24, 2.45) is 0 Å². The maximum atomic E-state index is 2.41. The van der Waals surface area contributed by atoms with Gasteiger partial charge in [-0.15, -0.1) is 0 Å². The summed E-state index contributed by atoms with van der Waals surface area (Å²) in [6, 6.07) is 58.6. The molecule has 10 rings (SSSR count). The Morgan fingerprint density at radius 1 is 0.347 bits per heavy atom. The summed E-state index contributed by atoms with van der Waals surface area (Å²) in [6.07, 6.45) is 9.78. The predicted molar refractivity (Wildman–Crippen MR) is 212 cm³/mol. The number of hydrogen-bond acceptors (Lipinski definition) is 0. The van der Waals surface area contributed by atoms with Crippen molar-refractivity contribution < 1.29 is 0 Å². The first-order chi connectivity index (χ1) is 24.3. The second-order valence-corrected chi connectivity index (χ2v) is 13.2. The van der Waals surface area contributed by atoms with E-state index in [0.29, 0.717) is 0 Å². The van der Waals surface area contributed by atoms with Gasteiger partial charge in [0.15, 0.2) is 0 Å². The normalized spacial score (nSPS) is 12.7. The van der Waals surface area contributed by atoms with E-state index in [9.17, 15) is 0 Å². The van der Waals surface area contributed by atoms with Crippen molar-refractivity contribution in [2.75, 3.05) is 0 Å². The molecule has 9 aromatic carbocycles. The summed E-state index contributed by atoms with van der Waals surface area (Å²) >= 11 is 0. The molecule has 0 aromatic heterocycles. The number of hydrogen-bond donors (Lipinski definition) is 0. The molecule has 0 bridgehead atoms. The van der Waals surface area contributed by atoms with Gasteiger partial charge < -0.3 is 0 Å². The average molecular weight is 621 g/mol. The Bertz CT molecular complexity index is 2780. The van der Waals surface area contributed by atoms with Gasteiger partial charge in [0.1, 0.15) is 0 Å². The fraction of sp³-hybridized carbons (Fsp3) is 0.0204. The Morgan fingerprint density at radius 2 is 0.918 bits per heavy atom. The standard InChI is InChI=1S/C49H32/c1-2-14-35-31-47(41-19-7-6-18-40(41)39(35)16-3-1)36-27-25-34-30-37(28-26-33(34)29-36)48-43-20-8-10-22-45(43)49(46-23-11-9-21-44(46)48)42-24-12-15-32-13-4-5-17-38(32)42/h1-13,15-31H,14H2. The molecule has 9 aromatic rings. The van der Waals surface area contributed by atoms with Crippen molar-refractivity contribution >= 4 is 59.9 Å². The maximum Gasteiger partial charge on any atom is -0.00201 e. The summed E-state index contributed by atoms with van der Waals surface area (Å²) in [6.45, 7) is 0. The third-order valence-electron chi connectivity index (χ3n) is 10.5. The molecule has 0 heterocycles. The zero-order valence-electron chi connectivity index (χ0n) is 27.0. The Labute approximate surface area is 285 Å². The van der Waals surface area contributed by atoms with Gasteiger partial charge in [0.05, 0.1) is 0 Å². The van der Waals surface area contributed by atoms with Crippen LogP contribution in [-0.4, -0.2) is 0 Å². The molecule has 0 spiro atoms. The monoisotopic (exact) mass is 620 g/mol. The van der Waals surface area contributed by atoms with Crippen molar-refractivity contribution in [3.63, 3.8) is 0 Å². The van der Waals surface area contributed by atoms with Crippen molar-refractivity contribution in [3.8, 4) is 33.4 Å². The van der Waals surface area contributed by atoms with Crippen LogP contribution < -0.4 is 0 Å². The molecule has 0 aliphatic heterocycles. The van der Waals surface area contributed by atoms with E-state index in [-0.39, 0.29) is 0 Å². The van der Waals surface area contributed by atoms with Crippen LogP contribution in [0.5, 0.6) is 0 Å². The lowest BCUT2D eigenvalue weighted by atomic mass is 9.84. The van der Waals surface area contributed by atoms with Crippen LogP contribution in [0.3, 0.4) is 0 Å². The summed E-state index contributed by atoms with van der Waals surface area (Å²) in [7, 11) is 0. The molecule has 1 aliphatic carbocycles. The molecular weight excluding hydrogens is 589 g/mol. The zero-order valence-corrected chi connectivity index (χ0v) is 27.0. The van der Waals surface area contributed by atoms with Crippen LogP contribution in [-0.2, 0) is 6.42 Å². The van der Waals surface area contributed by atoms with E-state index in [2.05, 4.69) is 182 Å². The van der Waals surface area contributed by atoms with Crippen LogP contribution in [0.4, 0.5) is 0 Å². The topological polar surface area (TPSA) is 0 Å². The van der Waals surface area contributed by atoms with Crippen LogP contribution in [0, 0.1) is 0 Å². The van der Waals surface area contributed by atoms with Gasteiger partial charge in [0.25, 0.3) is 0 Å². The van der Waals surface area contributed by atoms with Crippen LogP contribution in [0.15, 0.2) is 176 Å². The summed E-state index contributed by atoms with van der Waals surface area (Å²) in [4.78, 5) is 0. The quantitative estimate of drug-likeness (QED) is 0.172. The molecule has 1 aliphatic rings. The molecule has 0 N–H and O–H groups in total. The molecule has 228 valence electrons. The van der Waals surface area contributed by atoms with Crippen molar-refractivity contribution in [3.05, 3.63) is 187 Å². The Balaban J connectivity index is 1.17. The van der Waals surface area contributed by atoms with Crippen molar-refractivity contribution in [1.82, 2.24) is 0 Å². The predicted octanol–water partition coefficient (Wildman–Crippen LogP) is 13.6. The molecule has 0 saturated carbocycles. The minimum atomic E-state index is 0.943. The first-order valence-electron chi connectivity index (χ1n) is 17.2. The summed E-state index contributed by atoms with van der Waals surface area (Å²) in [5, 5.41) is 12.8. The van der Waals surface area contributed by atoms with Gasteiger partial charge in [-0.05, 0) is 123 Å².